The lowest BCUT2D eigenvalue weighted by Crippen LogP contribution is -2.07. The molecule has 0 bridgehead atoms. The van der Waals surface area contributed by atoms with Gasteiger partial charge in [-0.25, -0.2) is 4.39 Å². The molecule has 3 heteroatoms. The van der Waals surface area contributed by atoms with Gasteiger partial charge in [0.15, 0.2) is 6.29 Å². The Hall–Kier alpha value is -1.90. The standard InChI is InChI=1S/C17H20FNO/c1-11(2)17-16(10-20)15(9-19(17)12(3)4)13-5-7-14(18)8-6-13/h5-12H,1-4H3. The number of benzene rings is 1. The number of carbonyl (C=O) groups excluding carboxylic acids is 1. The van der Waals surface area contributed by atoms with Gasteiger partial charge in [-0.05, 0) is 37.5 Å². The minimum absolute atomic E-state index is 0.256. The second-order valence-electron chi connectivity index (χ2n) is 5.62. The van der Waals surface area contributed by atoms with Gasteiger partial charge in [-0.15, -0.1) is 0 Å². The average Bonchev–Trinajstić information content (AvgIpc) is 2.79. The normalized spacial score (nSPS) is 11.3. The van der Waals surface area contributed by atoms with Crippen LogP contribution in [0.5, 0.6) is 0 Å². The van der Waals surface area contributed by atoms with Crippen LogP contribution < -0.4 is 0 Å². The molecule has 1 aromatic carbocycles. The van der Waals surface area contributed by atoms with Crippen molar-refractivity contribution in [1.82, 2.24) is 4.57 Å². The molecule has 1 heterocycles. The number of halogens is 1. The lowest BCUT2D eigenvalue weighted by Gasteiger charge is -2.16. The van der Waals surface area contributed by atoms with Gasteiger partial charge in [0.25, 0.3) is 0 Å². The van der Waals surface area contributed by atoms with E-state index in [1.54, 1.807) is 12.1 Å². The summed E-state index contributed by atoms with van der Waals surface area (Å²) in [5, 5.41) is 0. The molecule has 0 fully saturated rings. The van der Waals surface area contributed by atoms with Crippen molar-refractivity contribution in [2.75, 3.05) is 0 Å². The van der Waals surface area contributed by atoms with E-state index in [1.165, 1.54) is 12.1 Å². The lowest BCUT2D eigenvalue weighted by molar-refractivity contribution is 0.112. The molecule has 0 spiro atoms. The van der Waals surface area contributed by atoms with Crippen LogP contribution in [0.2, 0.25) is 0 Å². The largest absolute Gasteiger partial charge is 0.347 e. The summed E-state index contributed by atoms with van der Waals surface area (Å²) >= 11 is 0. The van der Waals surface area contributed by atoms with E-state index in [4.69, 9.17) is 0 Å². The second-order valence-corrected chi connectivity index (χ2v) is 5.62. The maximum Gasteiger partial charge on any atom is 0.152 e. The highest BCUT2D eigenvalue weighted by Gasteiger charge is 2.20. The Morgan fingerprint density at radius 1 is 1.10 bits per heavy atom. The first-order valence-corrected chi connectivity index (χ1v) is 6.91. The Bertz CT molecular complexity index is 609. The van der Waals surface area contributed by atoms with E-state index in [0.717, 1.165) is 23.1 Å². The summed E-state index contributed by atoms with van der Waals surface area (Å²) in [4.78, 5) is 11.5. The number of rotatable bonds is 4. The second kappa shape index (κ2) is 5.61. The number of hydrogen-bond donors (Lipinski definition) is 0. The van der Waals surface area contributed by atoms with Crippen LogP contribution in [0.1, 0.15) is 55.7 Å². The molecule has 0 atom stereocenters. The first-order chi connectivity index (χ1) is 9.45. The van der Waals surface area contributed by atoms with Gasteiger partial charge in [0.2, 0.25) is 0 Å². The van der Waals surface area contributed by atoms with Gasteiger partial charge in [-0.2, -0.15) is 0 Å². The minimum atomic E-state index is -0.270. The van der Waals surface area contributed by atoms with Crippen molar-refractivity contribution in [3.8, 4) is 11.1 Å². The fourth-order valence-corrected chi connectivity index (χ4v) is 2.57. The lowest BCUT2D eigenvalue weighted by atomic mass is 9.99. The molecule has 0 radical (unpaired) electrons. The molecule has 0 aliphatic carbocycles. The molecule has 1 aromatic heterocycles. The monoisotopic (exact) mass is 273 g/mol. The maximum atomic E-state index is 13.1. The van der Waals surface area contributed by atoms with Crippen LogP contribution in [0.25, 0.3) is 11.1 Å². The molecule has 2 rings (SSSR count). The Morgan fingerprint density at radius 3 is 2.15 bits per heavy atom. The highest BCUT2D eigenvalue weighted by atomic mass is 19.1. The van der Waals surface area contributed by atoms with Gasteiger partial charge in [-0.1, -0.05) is 26.0 Å². The Morgan fingerprint density at radius 2 is 1.70 bits per heavy atom. The van der Waals surface area contributed by atoms with Crippen molar-refractivity contribution in [2.45, 2.75) is 39.7 Å². The van der Waals surface area contributed by atoms with Gasteiger partial charge in [0.05, 0.1) is 0 Å². The summed E-state index contributed by atoms with van der Waals surface area (Å²) in [6.07, 6.45) is 2.91. The predicted octanol–water partition coefficient (Wildman–Crippen LogP) is 4.81. The third-order valence-corrected chi connectivity index (χ3v) is 3.49. The molecule has 0 N–H and O–H groups in total. The van der Waals surface area contributed by atoms with Gasteiger partial charge >= 0.3 is 0 Å². The first kappa shape index (κ1) is 14.5. The van der Waals surface area contributed by atoms with Crippen LogP contribution in [-0.4, -0.2) is 10.9 Å². The number of aldehydes is 1. The van der Waals surface area contributed by atoms with Crippen LogP contribution in [0, 0.1) is 5.82 Å². The molecule has 2 nitrogen and oxygen atoms in total. The summed E-state index contributed by atoms with van der Waals surface area (Å²) in [5.41, 5.74) is 3.49. The summed E-state index contributed by atoms with van der Waals surface area (Å²) in [6, 6.07) is 6.55. The summed E-state index contributed by atoms with van der Waals surface area (Å²) in [6.45, 7) is 8.34. The van der Waals surface area contributed by atoms with E-state index in [0.29, 0.717) is 5.56 Å². The fourth-order valence-electron chi connectivity index (χ4n) is 2.57. The zero-order valence-electron chi connectivity index (χ0n) is 12.4. The smallest absolute Gasteiger partial charge is 0.152 e. The molecule has 0 aliphatic heterocycles. The number of hydrogen-bond acceptors (Lipinski definition) is 1. The van der Waals surface area contributed by atoms with Gasteiger partial charge < -0.3 is 4.57 Å². The van der Waals surface area contributed by atoms with Gasteiger partial charge in [-0.3, -0.25) is 4.79 Å². The van der Waals surface area contributed by atoms with E-state index < -0.39 is 0 Å². The Labute approximate surface area is 119 Å². The topological polar surface area (TPSA) is 22.0 Å². The third kappa shape index (κ3) is 2.53. The predicted molar refractivity (Wildman–Crippen MR) is 79.7 cm³/mol. The number of aromatic nitrogens is 1. The zero-order chi connectivity index (χ0) is 14.9. The summed E-state index contributed by atoms with van der Waals surface area (Å²) in [7, 11) is 0. The van der Waals surface area contributed by atoms with Crippen molar-refractivity contribution in [2.24, 2.45) is 0 Å². The average molecular weight is 273 g/mol. The van der Waals surface area contributed by atoms with Crippen molar-refractivity contribution in [3.63, 3.8) is 0 Å². The van der Waals surface area contributed by atoms with Crippen molar-refractivity contribution in [3.05, 3.63) is 47.5 Å². The maximum absolute atomic E-state index is 13.1. The molecule has 20 heavy (non-hydrogen) atoms. The SMILES string of the molecule is CC(C)c1c(C=O)c(-c2ccc(F)cc2)cn1C(C)C. The van der Waals surface area contributed by atoms with Crippen molar-refractivity contribution in [1.29, 1.82) is 0 Å². The van der Waals surface area contributed by atoms with Crippen molar-refractivity contribution >= 4 is 6.29 Å². The molecule has 2 aromatic rings. The van der Waals surface area contributed by atoms with E-state index in [1.807, 2.05) is 6.20 Å². The van der Waals surface area contributed by atoms with Gasteiger partial charge in [0.1, 0.15) is 5.82 Å². The van der Waals surface area contributed by atoms with E-state index in [2.05, 4.69) is 32.3 Å². The van der Waals surface area contributed by atoms with Crippen LogP contribution in [-0.2, 0) is 0 Å². The van der Waals surface area contributed by atoms with Crippen LogP contribution in [0.3, 0.4) is 0 Å². The quantitative estimate of drug-likeness (QED) is 0.733. The number of carbonyl (C=O) groups is 1. The highest BCUT2D eigenvalue weighted by molar-refractivity contribution is 5.89. The zero-order valence-corrected chi connectivity index (χ0v) is 12.4. The van der Waals surface area contributed by atoms with E-state index >= 15 is 0 Å². The number of nitrogens with zero attached hydrogens (tertiary/aromatic N) is 1. The summed E-state index contributed by atoms with van der Waals surface area (Å²) < 4.78 is 15.2. The fraction of sp³-hybridized carbons (Fsp3) is 0.353. The molecule has 0 amide bonds. The molecular formula is C17H20FNO. The van der Waals surface area contributed by atoms with E-state index in [9.17, 15) is 9.18 Å². The third-order valence-electron chi connectivity index (χ3n) is 3.49. The van der Waals surface area contributed by atoms with Crippen molar-refractivity contribution < 1.29 is 9.18 Å². The molecule has 0 unspecified atom stereocenters. The molecule has 106 valence electrons. The van der Waals surface area contributed by atoms with E-state index in [-0.39, 0.29) is 17.8 Å². The van der Waals surface area contributed by atoms with Crippen LogP contribution in [0.15, 0.2) is 30.5 Å². The van der Waals surface area contributed by atoms with Crippen LogP contribution in [0.4, 0.5) is 4.39 Å². The Balaban J connectivity index is 2.67. The Kier molecular flexibility index (Phi) is 4.07. The highest BCUT2D eigenvalue weighted by Crippen LogP contribution is 2.33. The molecule has 0 aliphatic rings. The first-order valence-electron chi connectivity index (χ1n) is 6.91. The molecular weight excluding hydrogens is 253 g/mol. The van der Waals surface area contributed by atoms with Crippen LogP contribution >= 0.6 is 0 Å². The molecule has 0 saturated carbocycles. The van der Waals surface area contributed by atoms with Gasteiger partial charge in [0, 0.05) is 29.1 Å². The summed E-state index contributed by atoms with van der Waals surface area (Å²) in [5.74, 6) is -0.0134. The molecule has 0 saturated heterocycles. The minimum Gasteiger partial charge on any atom is -0.347 e.